The Labute approximate surface area is 123 Å². The first-order chi connectivity index (χ1) is 9.33. The molecule has 1 aliphatic rings. The zero-order chi connectivity index (χ0) is 14.9. The summed E-state index contributed by atoms with van der Waals surface area (Å²) in [6.45, 7) is 8.66. The molecule has 1 aromatic rings. The molecule has 1 fully saturated rings. The predicted molar refractivity (Wildman–Crippen MR) is 78.5 cm³/mol. The third kappa shape index (κ3) is 3.01. The first-order valence-electron chi connectivity index (χ1n) is 6.83. The Balaban J connectivity index is 1.75. The molecule has 0 spiro atoms. The normalized spacial score (nSPS) is 17.4. The molecule has 1 aliphatic heterocycles. The number of carbonyl (C=O) groups is 1. The minimum absolute atomic E-state index is 0.0899. The fraction of sp³-hybridized carbons (Fsp3) is 0.714. The number of nitrogens with zero attached hydrogens (tertiary/aromatic N) is 2. The first kappa shape index (κ1) is 15.4. The van der Waals surface area contributed by atoms with E-state index in [1.807, 2.05) is 27.7 Å². The maximum Gasteiger partial charge on any atom is 0.232 e. The van der Waals surface area contributed by atoms with Gasteiger partial charge in [-0.1, -0.05) is 19.0 Å². The van der Waals surface area contributed by atoms with Crippen molar-refractivity contribution in [3.8, 4) is 0 Å². The number of aryl methyl sites for hydroxylation is 2. The van der Waals surface area contributed by atoms with Gasteiger partial charge in [0.1, 0.15) is 11.4 Å². The topological polar surface area (TPSA) is 66.6 Å². The highest BCUT2D eigenvalue weighted by atomic mass is 32.2. The second-order valence-corrected chi connectivity index (χ2v) is 6.79. The highest BCUT2D eigenvalue weighted by Crippen LogP contribution is 2.29. The zero-order valence-electron chi connectivity index (χ0n) is 12.5. The fourth-order valence-corrected chi connectivity index (χ4v) is 3.27. The second kappa shape index (κ2) is 5.77. The van der Waals surface area contributed by atoms with Gasteiger partial charge in [0.2, 0.25) is 5.91 Å². The number of carbonyl (C=O) groups excluding carboxylic acids is 1. The summed E-state index contributed by atoms with van der Waals surface area (Å²) >= 11 is 1.56. The van der Waals surface area contributed by atoms with E-state index in [1.165, 1.54) is 0 Å². The van der Waals surface area contributed by atoms with E-state index in [4.69, 9.17) is 4.52 Å². The molecule has 1 amide bonds. The standard InChI is InChI=1S/C14H22N2O3S/c1-9(2)14(18)7-16(8-14)13(17)6-20-5-12-10(3)15-19-11(12)4/h9,18H,5-8H2,1-4H3. The molecule has 0 saturated carbocycles. The smallest absolute Gasteiger partial charge is 0.232 e. The average molecular weight is 298 g/mol. The summed E-state index contributed by atoms with van der Waals surface area (Å²) in [4.78, 5) is 13.7. The third-order valence-corrected chi connectivity index (χ3v) is 4.95. The lowest BCUT2D eigenvalue weighted by Crippen LogP contribution is -2.66. The molecule has 1 aromatic heterocycles. The number of hydrogen-bond donors (Lipinski definition) is 1. The molecular weight excluding hydrogens is 276 g/mol. The Hall–Kier alpha value is -1.01. The minimum atomic E-state index is -0.692. The maximum atomic E-state index is 12.0. The molecule has 0 atom stereocenters. The molecular formula is C14H22N2O3S. The van der Waals surface area contributed by atoms with E-state index in [-0.39, 0.29) is 11.8 Å². The lowest BCUT2D eigenvalue weighted by Gasteiger charge is -2.49. The minimum Gasteiger partial charge on any atom is -0.386 e. The number of aliphatic hydroxyl groups is 1. The predicted octanol–water partition coefficient (Wildman–Crippen LogP) is 1.75. The lowest BCUT2D eigenvalue weighted by atomic mass is 9.83. The third-order valence-electron chi connectivity index (χ3n) is 4.01. The van der Waals surface area contributed by atoms with Crippen LogP contribution in [0.25, 0.3) is 0 Å². The largest absolute Gasteiger partial charge is 0.386 e. The Morgan fingerprint density at radius 1 is 1.50 bits per heavy atom. The monoisotopic (exact) mass is 298 g/mol. The van der Waals surface area contributed by atoms with Crippen LogP contribution >= 0.6 is 11.8 Å². The molecule has 0 unspecified atom stereocenters. The molecule has 6 heteroatoms. The van der Waals surface area contributed by atoms with Crippen LogP contribution in [-0.2, 0) is 10.5 Å². The van der Waals surface area contributed by atoms with E-state index in [9.17, 15) is 9.90 Å². The van der Waals surface area contributed by atoms with Crippen LogP contribution in [0.15, 0.2) is 4.52 Å². The van der Waals surface area contributed by atoms with Crippen molar-refractivity contribution < 1.29 is 14.4 Å². The van der Waals surface area contributed by atoms with Crippen LogP contribution in [0.5, 0.6) is 0 Å². The van der Waals surface area contributed by atoms with Crippen molar-refractivity contribution in [3.05, 3.63) is 17.0 Å². The number of thioether (sulfide) groups is 1. The molecule has 20 heavy (non-hydrogen) atoms. The van der Waals surface area contributed by atoms with Crippen LogP contribution in [0.3, 0.4) is 0 Å². The van der Waals surface area contributed by atoms with Gasteiger partial charge in [0.05, 0.1) is 24.5 Å². The molecule has 0 aromatic carbocycles. The van der Waals surface area contributed by atoms with Crippen LogP contribution in [0.4, 0.5) is 0 Å². The Bertz CT molecular complexity index is 473. The molecule has 112 valence electrons. The summed E-state index contributed by atoms with van der Waals surface area (Å²) in [5.41, 5.74) is 1.27. The van der Waals surface area contributed by atoms with Gasteiger partial charge >= 0.3 is 0 Å². The van der Waals surface area contributed by atoms with Crippen LogP contribution < -0.4 is 0 Å². The van der Waals surface area contributed by atoms with Crippen LogP contribution in [0, 0.1) is 19.8 Å². The van der Waals surface area contributed by atoms with Crippen molar-refractivity contribution in [2.75, 3.05) is 18.8 Å². The summed E-state index contributed by atoms with van der Waals surface area (Å²) in [5.74, 6) is 2.25. The van der Waals surface area contributed by atoms with Gasteiger partial charge in [0.15, 0.2) is 0 Å². The number of β-amino-alcohol motifs (C(OH)–C–C–N with tert-alkyl or cyclic N) is 1. The number of hydrogen-bond acceptors (Lipinski definition) is 5. The summed E-state index contributed by atoms with van der Waals surface area (Å²) in [6, 6.07) is 0. The van der Waals surface area contributed by atoms with Gasteiger partial charge < -0.3 is 14.5 Å². The van der Waals surface area contributed by atoms with Gasteiger partial charge in [-0.3, -0.25) is 4.79 Å². The van der Waals surface area contributed by atoms with E-state index in [0.29, 0.717) is 18.8 Å². The van der Waals surface area contributed by atoms with E-state index in [2.05, 4.69) is 5.16 Å². The van der Waals surface area contributed by atoms with Gasteiger partial charge in [-0.25, -0.2) is 0 Å². The van der Waals surface area contributed by atoms with Gasteiger partial charge in [0.25, 0.3) is 0 Å². The van der Waals surface area contributed by atoms with Gasteiger partial charge in [-0.15, -0.1) is 11.8 Å². The molecule has 0 aliphatic carbocycles. The van der Waals surface area contributed by atoms with Crippen molar-refractivity contribution in [2.24, 2.45) is 5.92 Å². The number of aromatic nitrogens is 1. The quantitative estimate of drug-likeness (QED) is 0.897. The van der Waals surface area contributed by atoms with Crippen molar-refractivity contribution in [3.63, 3.8) is 0 Å². The molecule has 2 rings (SSSR count). The Morgan fingerprint density at radius 2 is 2.15 bits per heavy atom. The number of amides is 1. The molecule has 0 radical (unpaired) electrons. The van der Waals surface area contributed by atoms with Gasteiger partial charge in [0, 0.05) is 11.3 Å². The van der Waals surface area contributed by atoms with E-state index in [1.54, 1.807) is 16.7 Å². The van der Waals surface area contributed by atoms with Crippen molar-refractivity contribution in [2.45, 2.75) is 39.0 Å². The van der Waals surface area contributed by atoms with Crippen molar-refractivity contribution in [1.82, 2.24) is 10.1 Å². The van der Waals surface area contributed by atoms with Gasteiger partial charge in [-0.05, 0) is 19.8 Å². The number of likely N-dealkylation sites (tertiary alicyclic amines) is 1. The van der Waals surface area contributed by atoms with E-state index < -0.39 is 5.60 Å². The summed E-state index contributed by atoms with van der Waals surface area (Å²) in [7, 11) is 0. The zero-order valence-corrected chi connectivity index (χ0v) is 13.3. The van der Waals surface area contributed by atoms with Crippen molar-refractivity contribution >= 4 is 17.7 Å². The highest BCUT2D eigenvalue weighted by Gasteiger charge is 2.45. The fourth-order valence-electron chi connectivity index (χ4n) is 2.20. The first-order valence-corrected chi connectivity index (χ1v) is 7.98. The second-order valence-electron chi connectivity index (χ2n) is 5.80. The van der Waals surface area contributed by atoms with E-state index in [0.717, 1.165) is 22.8 Å². The van der Waals surface area contributed by atoms with E-state index >= 15 is 0 Å². The Morgan fingerprint density at radius 3 is 2.65 bits per heavy atom. The highest BCUT2D eigenvalue weighted by molar-refractivity contribution is 7.99. The summed E-state index contributed by atoms with van der Waals surface area (Å²) < 4.78 is 5.09. The molecule has 1 saturated heterocycles. The lowest BCUT2D eigenvalue weighted by molar-refractivity contribution is -0.161. The van der Waals surface area contributed by atoms with Crippen molar-refractivity contribution in [1.29, 1.82) is 0 Å². The number of rotatable bonds is 5. The summed E-state index contributed by atoms with van der Waals surface area (Å²) in [6.07, 6.45) is 0. The van der Waals surface area contributed by atoms with Crippen LogP contribution in [0.2, 0.25) is 0 Å². The van der Waals surface area contributed by atoms with Crippen LogP contribution in [-0.4, -0.2) is 45.5 Å². The summed E-state index contributed by atoms with van der Waals surface area (Å²) in [5, 5.41) is 14.0. The van der Waals surface area contributed by atoms with Crippen LogP contribution in [0.1, 0.15) is 30.9 Å². The maximum absolute atomic E-state index is 12.0. The molecule has 0 bridgehead atoms. The SMILES string of the molecule is Cc1noc(C)c1CSCC(=O)N1CC(O)(C(C)C)C1. The molecule has 1 N–H and O–H groups in total. The average Bonchev–Trinajstić information content (AvgIpc) is 2.65. The molecule has 5 nitrogen and oxygen atoms in total. The molecule has 2 heterocycles. The van der Waals surface area contributed by atoms with Gasteiger partial charge in [-0.2, -0.15) is 0 Å². The Kier molecular flexibility index (Phi) is 4.44.